The lowest BCUT2D eigenvalue weighted by molar-refractivity contribution is -0.154. The fourth-order valence-electron chi connectivity index (χ4n) is 5.65. The highest BCUT2D eigenvalue weighted by molar-refractivity contribution is 6.31. The standard InChI is InChI=1S/C24H22ClN3O5/c1-33-17(29)13-24-19-18(21(30)28(22(19)31)16-9-7-15(25)8-10-16)20(14-5-3-2-4-6-14)27(24)12-11-26-23(24)32/h2-10,18-20H,11-13H2,1H3,(H,26,32)/t18-,19+,20-,24+/m1/s1. The first-order valence-corrected chi connectivity index (χ1v) is 11.1. The van der Waals surface area contributed by atoms with E-state index in [0.717, 1.165) is 10.5 Å². The van der Waals surface area contributed by atoms with Crippen molar-refractivity contribution in [1.29, 1.82) is 0 Å². The summed E-state index contributed by atoms with van der Waals surface area (Å²) in [4.78, 5) is 56.6. The van der Waals surface area contributed by atoms with Crippen LogP contribution in [0.4, 0.5) is 5.69 Å². The fraction of sp³-hybridized carbons (Fsp3) is 0.333. The number of anilines is 1. The first-order valence-electron chi connectivity index (χ1n) is 10.7. The van der Waals surface area contributed by atoms with Crippen molar-refractivity contribution in [2.45, 2.75) is 18.0 Å². The summed E-state index contributed by atoms with van der Waals surface area (Å²) in [6.45, 7) is 0.755. The molecule has 5 rings (SSSR count). The zero-order valence-corrected chi connectivity index (χ0v) is 18.6. The highest BCUT2D eigenvalue weighted by Crippen LogP contribution is 2.57. The van der Waals surface area contributed by atoms with Gasteiger partial charge in [0.05, 0.1) is 31.1 Å². The van der Waals surface area contributed by atoms with E-state index in [1.807, 2.05) is 35.2 Å². The van der Waals surface area contributed by atoms with Gasteiger partial charge in [-0.05, 0) is 29.8 Å². The molecule has 3 fully saturated rings. The molecule has 0 spiro atoms. The quantitative estimate of drug-likeness (QED) is 0.545. The van der Waals surface area contributed by atoms with E-state index in [1.54, 1.807) is 24.3 Å². The van der Waals surface area contributed by atoms with Gasteiger partial charge in [-0.25, -0.2) is 4.90 Å². The monoisotopic (exact) mass is 467 g/mol. The van der Waals surface area contributed by atoms with Crippen molar-refractivity contribution in [2.75, 3.05) is 25.1 Å². The van der Waals surface area contributed by atoms with Crippen LogP contribution in [0.15, 0.2) is 54.6 Å². The second-order valence-electron chi connectivity index (χ2n) is 8.47. The number of carbonyl (C=O) groups is 4. The highest BCUT2D eigenvalue weighted by atomic mass is 35.5. The second kappa shape index (κ2) is 7.97. The third-order valence-electron chi connectivity index (χ3n) is 6.95. The Kier molecular flexibility index (Phi) is 5.22. The number of benzene rings is 2. The number of amides is 3. The fourth-order valence-corrected chi connectivity index (χ4v) is 5.78. The zero-order chi connectivity index (χ0) is 23.3. The zero-order valence-electron chi connectivity index (χ0n) is 17.9. The summed E-state index contributed by atoms with van der Waals surface area (Å²) in [7, 11) is 1.24. The van der Waals surface area contributed by atoms with Gasteiger partial charge in [-0.2, -0.15) is 0 Å². The Balaban J connectivity index is 1.70. The van der Waals surface area contributed by atoms with Crippen LogP contribution in [-0.4, -0.2) is 54.3 Å². The van der Waals surface area contributed by atoms with Crippen molar-refractivity contribution in [3.8, 4) is 0 Å². The molecule has 4 atom stereocenters. The molecular formula is C24H22ClN3O5. The lowest BCUT2D eigenvalue weighted by Crippen LogP contribution is -2.67. The molecule has 2 aromatic rings. The molecular weight excluding hydrogens is 446 g/mol. The molecule has 8 nitrogen and oxygen atoms in total. The van der Waals surface area contributed by atoms with Gasteiger partial charge in [0.25, 0.3) is 0 Å². The van der Waals surface area contributed by atoms with Gasteiger partial charge in [-0.3, -0.25) is 24.1 Å². The van der Waals surface area contributed by atoms with Crippen LogP contribution >= 0.6 is 11.6 Å². The molecule has 170 valence electrons. The van der Waals surface area contributed by atoms with E-state index in [9.17, 15) is 19.2 Å². The van der Waals surface area contributed by atoms with Gasteiger partial charge in [0, 0.05) is 24.2 Å². The number of nitrogens with one attached hydrogen (secondary N) is 1. The number of piperazine rings is 1. The van der Waals surface area contributed by atoms with Crippen molar-refractivity contribution in [3.05, 3.63) is 65.2 Å². The molecule has 0 bridgehead atoms. The van der Waals surface area contributed by atoms with Crippen LogP contribution in [-0.2, 0) is 23.9 Å². The molecule has 0 radical (unpaired) electrons. The molecule has 1 N–H and O–H groups in total. The number of imide groups is 1. The maximum Gasteiger partial charge on any atom is 0.307 e. The molecule has 0 unspecified atom stereocenters. The van der Waals surface area contributed by atoms with Gasteiger partial charge >= 0.3 is 5.97 Å². The minimum Gasteiger partial charge on any atom is -0.469 e. The van der Waals surface area contributed by atoms with E-state index >= 15 is 0 Å². The smallest absolute Gasteiger partial charge is 0.307 e. The molecule has 0 aliphatic carbocycles. The molecule has 2 aromatic carbocycles. The number of rotatable bonds is 4. The maximum absolute atomic E-state index is 13.8. The van der Waals surface area contributed by atoms with Gasteiger partial charge < -0.3 is 10.1 Å². The van der Waals surface area contributed by atoms with Crippen LogP contribution in [0, 0.1) is 11.8 Å². The molecule has 3 amide bonds. The summed E-state index contributed by atoms with van der Waals surface area (Å²) < 4.78 is 4.91. The van der Waals surface area contributed by atoms with E-state index in [2.05, 4.69) is 5.32 Å². The minimum atomic E-state index is -1.52. The Bertz CT molecular complexity index is 1140. The van der Waals surface area contributed by atoms with E-state index in [0.29, 0.717) is 23.8 Å². The molecule has 3 heterocycles. The summed E-state index contributed by atoms with van der Waals surface area (Å²) in [5.74, 6) is -3.82. The Morgan fingerprint density at radius 2 is 1.79 bits per heavy atom. The predicted molar refractivity (Wildman–Crippen MR) is 119 cm³/mol. The average molecular weight is 468 g/mol. The SMILES string of the molecule is COC(=O)C[C@]12C(=O)NCCN1[C@H](c1ccccc1)[C@@H]1C(=O)N(c3ccc(Cl)cc3)C(=O)[C@H]12. The van der Waals surface area contributed by atoms with Crippen LogP contribution in [0.2, 0.25) is 5.02 Å². The Morgan fingerprint density at radius 3 is 2.45 bits per heavy atom. The molecule has 3 saturated heterocycles. The number of carbonyl (C=O) groups excluding carboxylic acids is 4. The Morgan fingerprint density at radius 1 is 1.09 bits per heavy atom. The normalized spacial score (nSPS) is 29.0. The van der Waals surface area contributed by atoms with Crippen molar-refractivity contribution >= 4 is 41.0 Å². The number of esters is 1. The number of hydrogen-bond acceptors (Lipinski definition) is 6. The lowest BCUT2D eigenvalue weighted by Gasteiger charge is -2.45. The number of hydrogen-bond donors (Lipinski definition) is 1. The molecule has 33 heavy (non-hydrogen) atoms. The summed E-state index contributed by atoms with van der Waals surface area (Å²) in [5, 5.41) is 3.29. The summed E-state index contributed by atoms with van der Waals surface area (Å²) in [5.41, 5.74) is -0.329. The second-order valence-corrected chi connectivity index (χ2v) is 8.91. The summed E-state index contributed by atoms with van der Waals surface area (Å²) in [6, 6.07) is 15.2. The van der Waals surface area contributed by atoms with Crippen molar-refractivity contribution in [1.82, 2.24) is 10.2 Å². The molecule has 9 heteroatoms. The first-order chi connectivity index (χ1) is 15.9. The predicted octanol–water partition coefficient (Wildman–Crippen LogP) is 1.93. The van der Waals surface area contributed by atoms with Crippen LogP contribution in [0.25, 0.3) is 0 Å². The van der Waals surface area contributed by atoms with Crippen molar-refractivity contribution < 1.29 is 23.9 Å². The van der Waals surface area contributed by atoms with Crippen LogP contribution in [0.3, 0.4) is 0 Å². The Hall–Kier alpha value is -3.23. The van der Waals surface area contributed by atoms with Crippen LogP contribution in [0.1, 0.15) is 18.0 Å². The lowest BCUT2D eigenvalue weighted by atomic mass is 9.76. The Labute approximate surface area is 195 Å². The van der Waals surface area contributed by atoms with E-state index in [4.69, 9.17) is 16.3 Å². The molecule has 0 saturated carbocycles. The van der Waals surface area contributed by atoms with Crippen molar-refractivity contribution in [3.63, 3.8) is 0 Å². The van der Waals surface area contributed by atoms with Gasteiger partial charge in [0.2, 0.25) is 17.7 Å². The largest absolute Gasteiger partial charge is 0.469 e. The summed E-state index contributed by atoms with van der Waals surface area (Å²) >= 11 is 6.00. The topological polar surface area (TPSA) is 96.0 Å². The van der Waals surface area contributed by atoms with Gasteiger partial charge in [-0.1, -0.05) is 41.9 Å². The average Bonchev–Trinajstić information content (AvgIpc) is 3.26. The number of nitrogens with zero attached hydrogens (tertiary/aromatic N) is 2. The molecule has 3 aliphatic heterocycles. The van der Waals surface area contributed by atoms with Crippen LogP contribution < -0.4 is 10.2 Å². The maximum atomic E-state index is 13.8. The molecule has 0 aromatic heterocycles. The van der Waals surface area contributed by atoms with Gasteiger partial charge in [-0.15, -0.1) is 0 Å². The number of halogens is 1. The van der Waals surface area contributed by atoms with E-state index in [-0.39, 0.29) is 6.42 Å². The number of methoxy groups -OCH3 is 1. The number of ether oxygens (including phenoxy) is 1. The van der Waals surface area contributed by atoms with Gasteiger partial charge in [0.15, 0.2) is 0 Å². The van der Waals surface area contributed by atoms with E-state index in [1.165, 1.54) is 7.11 Å². The first kappa shape index (κ1) is 21.6. The number of fused-ring (bicyclic) bond motifs is 3. The third kappa shape index (κ3) is 3.08. The minimum absolute atomic E-state index is 0.326. The molecule has 3 aliphatic rings. The third-order valence-corrected chi connectivity index (χ3v) is 7.20. The summed E-state index contributed by atoms with van der Waals surface area (Å²) in [6.07, 6.45) is -0.326. The highest BCUT2D eigenvalue weighted by Gasteiger charge is 2.73. The van der Waals surface area contributed by atoms with Crippen LogP contribution in [0.5, 0.6) is 0 Å². The van der Waals surface area contributed by atoms with Crippen molar-refractivity contribution in [2.24, 2.45) is 11.8 Å². The van der Waals surface area contributed by atoms with E-state index < -0.39 is 47.1 Å². The van der Waals surface area contributed by atoms with Gasteiger partial charge in [0.1, 0.15) is 5.54 Å².